The van der Waals surface area contributed by atoms with Gasteiger partial charge in [-0.3, -0.25) is 4.79 Å². The van der Waals surface area contributed by atoms with Crippen LogP contribution in [0.25, 0.3) is 0 Å². The van der Waals surface area contributed by atoms with E-state index in [0.29, 0.717) is 5.91 Å². The first-order valence-electron chi connectivity index (χ1n) is 6.28. The van der Waals surface area contributed by atoms with Crippen LogP contribution in [-0.2, 0) is 10.2 Å². The fourth-order valence-corrected chi connectivity index (χ4v) is 3.01. The van der Waals surface area contributed by atoms with Gasteiger partial charge < -0.3 is 4.90 Å². The summed E-state index contributed by atoms with van der Waals surface area (Å²) in [4.78, 5) is 14.6. The van der Waals surface area contributed by atoms with Crippen molar-refractivity contribution >= 4 is 21.8 Å². The Morgan fingerprint density at radius 1 is 1.12 bits per heavy atom. The van der Waals surface area contributed by atoms with Crippen LogP contribution >= 0.6 is 15.9 Å². The summed E-state index contributed by atoms with van der Waals surface area (Å²) in [5.74, 6) is 0.359. The van der Waals surface area contributed by atoms with Gasteiger partial charge in [0.15, 0.2) is 0 Å². The molecule has 1 aliphatic carbocycles. The highest BCUT2D eigenvalue weighted by molar-refractivity contribution is 9.10. The van der Waals surface area contributed by atoms with E-state index in [-0.39, 0.29) is 5.41 Å². The van der Waals surface area contributed by atoms with Crippen LogP contribution in [0.4, 0.5) is 0 Å². The Bertz CT molecular complexity index is 430. The van der Waals surface area contributed by atoms with Crippen LogP contribution in [0.1, 0.15) is 31.2 Å². The zero-order valence-electron chi connectivity index (χ0n) is 9.79. The van der Waals surface area contributed by atoms with Gasteiger partial charge in [-0.2, -0.15) is 0 Å². The minimum Gasteiger partial charge on any atom is -0.342 e. The van der Waals surface area contributed by atoms with E-state index < -0.39 is 0 Å². The summed E-state index contributed by atoms with van der Waals surface area (Å²) >= 11 is 3.44. The molecule has 1 aliphatic heterocycles. The summed E-state index contributed by atoms with van der Waals surface area (Å²) in [6.07, 6.45) is 4.37. The molecule has 3 rings (SSSR count). The largest absolute Gasteiger partial charge is 0.342 e. The standard InChI is InChI=1S/C14H16BrNO/c15-12-5-3-11(4-6-12)14(7-8-14)13(17)16-9-1-2-10-16/h3-6H,1-2,7-10H2. The highest BCUT2D eigenvalue weighted by atomic mass is 79.9. The Morgan fingerprint density at radius 2 is 1.71 bits per heavy atom. The SMILES string of the molecule is O=C(N1CCCC1)C1(c2ccc(Br)cc2)CC1. The number of halogens is 1. The topological polar surface area (TPSA) is 20.3 Å². The van der Waals surface area contributed by atoms with Gasteiger partial charge in [0.2, 0.25) is 5.91 Å². The summed E-state index contributed by atoms with van der Waals surface area (Å²) in [7, 11) is 0. The van der Waals surface area contributed by atoms with Crippen molar-refractivity contribution in [2.75, 3.05) is 13.1 Å². The molecule has 0 N–H and O–H groups in total. The number of carbonyl (C=O) groups excluding carboxylic acids is 1. The van der Waals surface area contributed by atoms with Crippen LogP contribution in [-0.4, -0.2) is 23.9 Å². The molecule has 1 aromatic rings. The molecule has 0 spiro atoms. The lowest BCUT2D eigenvalue weighted by Gasteiger charge is -2.23. The molecule has 2 fully saturated rings. The second kappa shape index (κ2) is 4.13. The van der Waals surface area contributed by atoms with Crippen LogP contribution in [0.5, 0.6) is 0 Å². The van der Waals surface area contributed by atoms with Crippen LogP contribution in [0.3, 0.4) is 0 Å². The molecule has 3 heteroatoms. The first kappa shape index (κ1) is 11.3. The minimum atomic E-state index is -0.176. The van der Waals surface area contributed by atoms with E-state index in [9.17, 15) is 4.79 Å². The molecule has 0 bridgehead atoms. The first-order chi connectivity index (χ1) is 8.22. The Hall–Kier alpha value is -0.830. The van der Waals surface area contributed by atoms with Crippen molar-refractivity contribution in [1.29, 1.82) is 0 Å². The normalized spacial score (nSPS) is 21.6. The Kier molecular flexibility index (Phi) is 2.74. The predicted octanol–water partition coefficient (Wildman–Crippen LogP) is 3.10. The number of hydrogen-bond acceptors (Lipinski definition) is 1. The van der Waals surface area contributed by atoms with Crippen molar-refractivity contribution < 1.29 is 4.79 Å². The molecule has 0 unspecified atom stereocenters. The van der Waals surface area contributed by atoms with E-state index in [2.05, 4.69) is 33.0 Å². The lowest BCUT2D eigenvalue weighted by molar-refractivity contribution is -0.132. The van der Waals surface area contributed by atoms with Crippen molar-refractivity contribution in [3.8, 4) is 0 Å². The van der Waals surface area contributed by atoms with Crippen LogP contribution in [0.2, 0.25) is 0 Å². The molecule has 17 heavy (non-hydrogen) atoms. The summed E-state index contributed by atoms with van der Waals surface area (Å²) in [6.45, 7) is 1.91. The third-order valence-corrected chi connectivity index (χ3v) is 4.48. The van der Waals surface area contributed by atoms with Crippen LogP contribution in [0.15, 0.2) is 28.7 Å². The van der Waals surface area contributed by atoms with Gasteiger partial charge in [0.05, 0.1) is 5.41 Å². The third kappa shape index (κ3) is 1.90. The maximum absolute atomic E-state index is 12.5. The van der Waals surface area contributed by atoms with Gasteiger partial charge in [-0.1, -0.05) is 28.1 Å². The molecule has 1 saturated carbocycles. The summed E-state index contributed by atoms with van der Waals surface area (Å²) in [5.41, 5.74) is 1.02. The fourth-order valence-electron chi connectivity index (χ4n) is 2.74. The van der Waals surface area contributed by atoms with E-state index in [0.717, 1.165) is 30.4 Å². The molecule has 0 radical (unpaired) electrons. The number of benzene rings is 1. The van der Waals surface area contributed by atoms with Crippen molar-refractivity contribution in [1.82, 2.24) is 4.90 Å². The van der Waals surface area contributed by atoms with Crippen molar-refractivity contribution in [2.45, 2.75) is 31.1 Å². The molecule has 0 aromatic heterocycles. The van der Waals surface area contributed by atoms with Crippen molar-refractivity contribution in [3.63, 3.8) is 0 Å². The van der Waals surface area contributed by atoms with E-state index in [1.807, 2.05) is 12.1 Å². The second-order valence-electron chi connectivity index (χ2n) is 5.09. The minimum absolute atomic E-state index is 0.176. The summed E-state index contributed by atoms with van der Waals surface area (Å²) in [6, 6.07) is 8.25. The Morgan fingerprint density at radius 3 is 2.24 bits per heavy atom. The molecule has 1 heterocycles. The van der Waals surface area contributed by atoms with E-state index in [4.69, 9.17) is 0 Å². The zero-order chi connectivity index (χ0) is 11.9. The first-order valence-corrected chi connectivity index (χ1v) is 7.07. The molecular formula is C14H16BrNO. The molecule has 1 amide bonds. The van der Waals surface area contributed by atoms with E-state index >= 15 is 0 Å². The third-order valence-electron chi connectivity index (χ3n) is 3.95. The highest BCUT2D eigenvalue weighted by Gasteiger charge is 2.53. The lowest BCUT2D eigenvalue weighted by Crippen LogP contribution is -2.37. The molecule has 90 valence electrons. The van der Waals surface area contributed by atoms with Gasteiger partial charge >= 0.3 is 0 Å². The maximum Gasteiger partial charge on any atom is 0.233 e. The number of rotatable bonds is 2. The van der Waals surface area contributed by atoms with Gasteiger partial charge in [-0.15, -0.1) is 0 Å². The Balaban J connectivity index is 1.85. The predicted molar refractivity (Wildman–Crippen MR) is 70.9 cm³/mol. The number of likely N-dealkylation sites (tertiary alicyclic amines) is 1. The quantitative estimate of drug-likeness (QED) is 0.820. The molecule has 2 aliphatic rings. The average Bonchev–Trinajstić information content (AvgIpc) is 2.97. The fraction of sp³-hybridized carbons (Fsp3) is 0.500. The smallest absolute Gasteiger partial charge is 0.233 e. The van der Waals surface area contributed by atoms with Gasteiger partial charge in [0, 0.05) is 17.6 Å². The zero-order valence-corrected chi connectivity index (χ0v) is 11.4. The monoisotopic (exact) mass is 293 g/mol. The maximum atomic E-state index is 12.5. The van der Waals surface area contributed by atoms with E-state index in [1.165, 1.54) is 18.4 Å². The number of hydrogen-bond donors (Lipinski definition) is 0. The second-order valence-corrected chi connectivity index (χ2v) is 6.00. The highest BCUT2D eigenvalue weighted by Crippen LogP contribution is 2.50. The lowest BCUT2D eigenvalue weighted by atomic mass is 9.94. The van der Waals surface area contributed by atoms with E-state index in [1.54, 1.807) is 0 Å². The summed E-state index contributed by atoms with van der Waals surface area (Å²) in [5, 5.41) is 0. The van der Waals surface area contributed by atoms with Gasteiger partial charge in [-0.25, -0.2) is 0 Å². The van der Waals surface area contributed by atoms with Gasteiger partial charge in [0.1, 0.15) is 0 Å². The van der Waals surface area contributed by atoms with Crippen LogP contribution < -0.4 is 0 Å². The van der Waals surface area contributed by atoms with Gasteiger partial charge in [-0.05, 0) is 43.4 Å². The van der Waals surface area contributed by atoms with Crippen molar-refractivity contribution in [3.05, 3.63) is 34.3 Å². The number of amides is 1. The molecule has 1 saturated heterocycles. The number of carbonyl (C=O) groups is 1. The number of nitrogens with zero attached hydrogens (tertiary/aromatic N) is 1. The van der Waals surface area contributed by atoms with Crippen LogP contribution in [0, 0.1) is 0 Å². The molecular weight excluding hydrogens is 278 g/mol. The molecule has 1 aromatic carbocycles. The average molecular weight is 294 g/mol. The Labute approximate surface area is 110 Å². The molecule has 2 nitrogen and oxygen atoms in total. The van der Waals surface area contributed by atoms with Crippen molar-refractivity contribution in [2.24, 2.45) is 0 Å². The van der Waals surface area contributed by atoms with Gasteiger partial charge in [0.25, 0.3) is 0 Å². The molecule has 0 atom stereocenters. The summed E-state index contributed by atoms with van der Waals surface area (Å²) < 4.78 is 1.07.